The summed E-state index contributed by atoms with van der Waals surface area (Å²) >= 11 is 0. The summed E-state index contributed by atoms with van der Waals surface area (Å²) < 4.78 is 4.90. The molecule has 1 aliphatic rings. The summed E-state index contributed by atoms with van der Waals surface area (Å²) in [7, 11) is 0. The molecule has 12 rings (SSSR count). The van der Waals surface area contributed by atoms with Gasteiger partial charge in [-0.1, -0.05) is 170 Å². The summed E-state index contributed by atoms with van der Waals surface area (Å²) in [5, 5.41) is 3.79. The third-order valence-electron chi connectivity index (χ3n) is 12.4. The molecule has 0 saturated carbocycles. The van der Waals surface area contributed by atoms with Crippen LogP contribution in [0.1, 0.15) is 23.2 Å². The molecular formula is C58H40N4. The van der Waals surface area contributed by atoms with Gasteiger partial charge in [0.15, 0.2) is 5.82 Å². The Kier molecular flexibility index (Phi) is 8.60. The Labute approximate surface area is 360 Å². The predicted molar refractivity (Wildman–Crippen MR) is 257 cm³/mol. The van der Waals surface area contributed by atoms with Crippen molar-refractivity contribution in [2.75, 3.05) is 0 Å². The number of nitrogens with zero attached hydrogens (tertiary/aromatic N) is 4. The summed E-state index contributed by atoms with van der Waals surface area (Å²) in [6.07, 6.45) is 4.34. The molecular weight excluding hydrogens is 753 g/mol. The molecule has 0 radical (unpaired) electrons. The second kappa shape index (κ2) is 14.9. The van der Waals surface area contributed by atoms with Crippen LogP contribution in [0.3, 0.4) is 0 Å². The maximum atomic E-state index is 5.10. The van der Waals surface area contributed by atoms with E-state index in [1.165, 1.54) is 71.9 Å². The van der Waals surface area contributed by atoms with Crippen LogP contribution in [0.15, 0.2) is 218 Å². The second-order valence-corrected chi connectivity index (χ2v) is 16.0. The lowest BCUT2D eigenvalue weighted by Gasteiger charge is -2.19. The lowest BCUT2D eigenvalue weighted by Crippen LogP contribution is -2.06. The quantitative estimate of drug-likeness (QED) is 0.161. The Morgan fingerprint density at radius 3 is 1.65 bits per heavy atom. The van der Waals surface area contributed by atoms with Crippen molar-refractivity contribution >= 4 is 38.3 Å². The molecule has 0 saturated heterocycles. The fraction of sp³-hybridized carbons (Fsp3) is 0.0345. The van der Waals surface area contributed by atoms with Gasteiger partial charge in [-0.3, -0.25) is 0 Å². The van der Waals surface area contributed by atoms with Gasteiger partial charge in [-0.05, 0) is 83.6 Å². The molecule has 1 aliphatic carbocycles. The van der Waals surface area contributed by atoms with Crippen molar-refractivity contribution in [2.45, 2.75) is 12.8 Å². The second-order valence-electron chi connectivity index (χ2n) is 16.0. The number of para-hydroxylation sites is 3. The molecule has 0 spiro atoms. The molecule has 0 unspecified atom stereocenters. The van der Waals surface area contributed by atoms with Crippen LogP contribution in [-0.2, 0) is 6.42 Å². The van der Waals surface area contributed by atoms with Crippen LogP contribution < -0.4 is 0 Å². The van der Waals surface area contributed by atoms with E-state index in [4.69, 9.17) is 9.97 Å². The van der Waals surface area contributed by atoms with Gasteiger partial charge in [0.25, 0.3) is 0 Å². The average molecular weight is 793 g/mol. The highest BCUT2D eigenvalue weighted by Gasteiger charge is 2.25. The van der Waals surface area contributed by atoms with Crippen molar-refractivity contribution in [3.05, 3.63) is 235 Å². The first-order valence-corrected chi connectivity index (χ1v) is 21.4. The fourth-order valence-corrected chi connectivity index (χ4v) is 9.66. The maximum Gasteiger partial charge on any atom is 0.160 e. The number of benzene rings is 8. The van der Waals surface area contributed by atoms with Crippen molar-refractivity contribution < 1.29 is 0 Å². The zero-order valence-electron chi connectivity index (χ0n) is 34.0. The van der Waals surface area contributed by atoms with Crippen molar-refractivity contribution in [3.8, 4) is 56.4 Å². The van der Waals surface area contributed by atoms with Crippen LogP contribution in [0.25, 0.3) is 94.7 Å². The molecule has 0 aliphatic heterocycles. The summed E-state index contributed by atoms with van der Waals surface area (Å²) in [4.78, 5) is 10.2. The Bertz CT molecular complexity index is 3430. The lowest BCUT2D eigenvalue weighted by molar-refractivity contribution is 0.884. The van der Waals surface area contributed by atoms with Crippen molar-refractivity contribution in [3.63, 3.8) is 0 Å². The summed E-state index contributed by atoms with van der Waals surface area (Å²) in [5.41, 5.74) is 18.5. The minimum atomic E-state index is 0.715. The molecule has 0 atom stereocenters. The highest BCUT2D eigenvalue weighted by molar-refractivity contribution is 6.16. The minimum Gasteiger partial charge on any atom is -0.313 e. The van der Waals surface area contributed by atoms with Crippen LogP contribution in [0.4, 0.5) is 0 Å². The number of hydrogen-bond acceptors (Lipinski definition) is 2. The molecule has 62 heavy (non-hydrogen) atoms. The largest absolute Gasteiger partial charge is 0.313 e. The normalized spacial score (nSPS) is 12.5. The smallest absolute Gasteiger partial charge is 0.160 e. The first kappa shape index (κ1) is 35.8. The van der Waals surface area contributed by atoms with E-state index in [1.54, 1.807) is 0 Å². The van der Waals surface area contributed by atoms with E-state index in [9.17, 15) is 0 Å². The van der Waals surface area contributed by atoms with Gasteiger partial charge in [0, 0.05) is 55.5 Å². The third-order valence-corrected chi connectivity index (χ3v) is 12.4. The van der Waals surface area contributed by atoms with E-state index in [2.05, 4.69) is 215 Å². The molecule has 8 aromatic carbocycles. The molecule has 4 heteroatoms. The summed E-state index contributed by atoms with van der Waals surface area (Å²) in [6, 6.07) is 75.9. The van der Waals surface area contributed by atoms with Gasteiger partial charge in [-0.25, -0.2) is 9.97 Å². The van der Waals surface area contributed by atoms with E-state index in [0.717, 1.165) is 46.6 Å². The zero-order valence-corrected chi connectivity index (χ0v) is 34.0. The minimum absolute atomic E-state index is 0.715. The van der Waals surface area contributed by atoms with E-state index in [-0.39, 0.29) is 0 Å². The van der Waals surface area contributed by atoms with Gasteiger partial charge in [0.05, 0.1) is 27.9 Å². The Balaban J connectivity index is 0.952. The SMILES string of the molecule is C1=C(c2ccc(-c3nc(-c4ccccc4)cc(-c4ccccc4)n3)cc2)c2c(n(-c3cccc(-c4cccc5c4c4ccccc4n5-c4ccccc4)c3)c3ccccc23)CC1. The number of rotatable bonds is 7. The van der Waals surface area contributed by atoms with Crippen LogP contribution in [0.2, 0.25) is 0 Å². The summed E-state index contributed by atoms with van der Waals surface area (Å²) in [5.74, 6) is 0.715. The Morgan fingerprint density at radius 1 is 0.387 bits per heavy atom. The van der Waals surface area contributed by atoms with Crippen molar-refractivity contribution in [1.29, 1.82) is 0 Å². The van der Waals surface area contributed by atoms with Gasteiger partial charge in [-0.2, -0.15) is 0 Å². The van der Waals surface area contributed by atoms with E-state index < -0.39 is 0 Å². The van der Waals surface area contributed by atoms with Gasteiger partial charge in [0.2, 0.25) is 0 Å². The van der Waals surface area contributed by atoms with E-state index >= 15 is 0 Å². The van der Waals surface area contributed by atoms with Crippen LogP contribution in [-0.4, -0.2) is 19.1 Å². The van der Waals surface area contributed by atoms with Gasteiger partial charge >= 0.3 is 0 Å². The molecule has 0 fully saturated rings. The fourth-order valence-electron chi connectivity index (χ4n) is 9.66. The van der Waals surface area contributed by atoms with Crippen LogP contribution >= 0.6 is 0 Å². The number of allylic oxidation sites excluding steroid dienone is 1. The standard InChI is InChI=1S/C58H40N4/c1-4-17-40(18-5-1)50-38-51(41-19-6-2-7-20-41)60-58(59-50)42-35-33-39(34-36-42)46-27-15-32-55-56(46)49-26-11-13-30-53(49)62(55)45-24-14-21-43(37-45)47-28-16-31-54-57(47)48-25-10-12-29-52(48)61(54)44-22-8-3-9-23-44/h1-14,16-31,33-38H,15,32H2. The van der Waals surface area contributed by atoms with Gasteiger partial charge < -0.3 is 9.13 Å². The van der Waals surface area contributed by atoms with Gasteiger partial charge in [-0.15, -0.1) is 0 Å². The third kappa shape index (κ3) is 5.99. The number of fused-ring (bicyclic) bond motifs is 6. The molecule has 0 amide bonds. The van der Waals surface area contributed by atoms with Crippen molar-refractivity contribution in [2.24, 2.45) is 0 Å². The lowest BCUT2D eigenvalue weighted by atomic mass is 9.89. The predicted octanol–water partition coefficient (Wildman–Crippen LogP) is 14.6. The molecule has 4 nitrogen and oxygen atoms in total. The summed E-state index contributed by atoms with van der Waals surface area (Å²) in [6.45, 7) is 0. The van der Waals surface area contributed by atoms with Crippen molar-refractivity contribution in [1.82, 2.24) is 19.1 Å². The molecule has 11 aromatic rings. The molecule has 292 valence electrons. The highest BCUT2D eigenvalue weighted by atomic mass is 15.0. The van der Waals surface area contributed by atoms with Crippen LogP contribution in [0.5, 0.6) is 0 Å². The monoisotopic (exact) mass is 792 g/mol. The van der Waals surface area contributed by atoms with Crippen LogP contribution in [0, 0.1) is 0 Å². The molecule has 0 N–H and O–H groups in total. The number of hydrogen-bond donors (Lipinski definition) is 0. The Morgan fingerprint density at radius 2 is 0.935 bits per heavy atom. The topological polar surface area (TPSA) is 35.6 Å². The molecule has 3 aromatic heterocycles. The Hall–Kier alpha value is -8.08. The number of aromatic nitrogens is 4. The van der Waals surface area contributed by atoms with Gasteiger partial charge in [0.1, 0.15) is 0 Å². The molecule has 0 bridgehead atoms. The van der Waals surface area contributed by atoms with E-state index in [1.807, 2.05) is 12.1 Å². The van der Waals surface area contributed by atoms with E-state index in [0.29, 0.717) is 5.82 Å². The first-order valence-electron chi connectivity index (χ1n) is 21.4. The first-order chi connectivity index (χ1) is 30.8. The average Bonchev–Trinajstić information content (AvgIpc) is 3.88. The highest BCUT2D eigenvalue weighted by Crippen LogP contribution is 2.43. The molecule has 3 heterocycles. The maximum absolute atomic E-state index is 5.10. The zero-order chi connectivity index (χ0) is 41.0.